The molecule has 1 rings (SSSR count). The standard InChI is InChI=1S/C9H14N2O2/c1-9(10,13)5-7-2-3-11-8(4-7)6-12/h2-4,12-13H,5-6,10H2,1H3. The molecular formula is C9H14N2O2. The topological polar surface area (TPSA) is 79.4 Å². The molecular weight excluding hydrogens is 168 g/mol. The largest absolute Gasteiger partial charge is 0.390 e. The Bertz CT molecular complexity index is 281. The molecule has 1 unspecified atom stereocenters. The first-order valence-corrected chi connectivity index (χ1v) is 4.07. The van der Waals surface area contributed by atoms with E-state index < -0.39 is 5.72 Å². The monoisotopic (exact) mass is 182 g/mol. The number of pyridine rings is 1. The van der Waals surface area contributed by atoms with Crippen molar-refractivity contribution in [2.45, 2.75) is 25.7 Å². The molecule has 72 valence electrons. The van der Waals surface area contributed by atoms with E-state index in [-0.39, 0.29) is 6.61 Å². The molecule has 13 heavy (non-hydrogen) atoms. The predicted octanol–water partition coefficient (Wildman–Crippen LogP) is -0.216. The fraction of sp³-hybridized carbons (Fsp3) is 0.444. The van der Waals surface area contributed by atoms with Crippen molar-refractivity contribution in [3.05, 3.63) is 29.6 Å². The molecule has 0 radical (unpaired) electrons. The van der Waals surface area contributed by atoms with Crippen LogP contribution in [0, 0.1) is 0 Å². The van der Waals surface area contributed by atoms with Gasteiger partial charge in [0.25, 0.3) is 0 Å². The van der Waals surface area contributed by atoms with E-state index in [1.54, 1.807) is 18.3 Å². The molecule has 0 aliphatic rings. The van der Waals surface area contributed by atoms with E-state index in [4.69, 9.17) is 10.8 Å². The Morgan fingerprint density at radius 1 is 1.62 bits per heavy atom. The van der Waals surface area contributed by atoms with Gasteiger partial charge in [-0.25, -0.2) is 0 Å². The number of nitrogens with two attached hydrogens (primary N) is 1. The highest BCUT2D eigenvalue weighted by molar-refractivity contribution is 5.17. The van der Waals surface area contributed by atoms with Crippen molar-refractivity contribution in [3.63, 3.8) is 0 Å². The van der Waals surface area contributed by atoms with Gasteiger partial charge in [-0.3, -0.25) is 4.98 Å². The van der Waals surface area contributed by atoms with E-state index in [0.717, 1.165) is 5.56 Å². The third kappa shape index (κ3) is 3.50. The summed E-state index contributed by atoms with van der Waals surface area (Å²) < 4.78 is 0. The van der Waals surface area contributed by atoms with Crippen molar-refractivity contribution in [2.24, 2.45) is 5.73 Å². The number of hydrogen-bond donors (Lipinski definition) is 3. The first-order chi connectivity index (χ1) is 6.01. The van der Waals surface area contributed by atoms with Crippen molar-refractivity contribution in [1.29, 1.82) is 0 Å². The molecule has 4 N–H and O–H groups in total. The lowest BCUT2D eigenvalue weighted by atomic mass is 10.1. The zero-order valence-corrected chi connectivity index (χ0v) is 7.57. The zero-order valence-electron chi connectivity index (χ0n) is 7.57. The summed E-state index contributed by atoms with van der Waals surface area (Å²) in [6, 6.07) is 3.49. The second kappa shape index (κ2) is 3.83. The molecule has 1 heterocycles. The fourth-order valence-corrected chi connectivity index (χ4v) is 1.14. The Kier molecular flexibility index (Phi) is 2.98. The van der Waals surface area contributed by atoms with Gasteiger partial charge < -0.3 is 15.9 Å². The highest BCUT2D eigenvalue weighted by Gasteiger charge is 2.13. The normalized spacial score (nSPS) is 15.4. The van der Waals surface area contributed by atoms with Crippen molar-refractivity contribution in [3.8, 4) is 0 Å². The van der Waals surface area contributed by atoms with Crippen LogP contribution in [0.15, 0.2) is 18.3 Å². The Hall–Kier alpha value is -0.970. The van der Waals surface area contributed by atoms with Crippen molar-refractivity contribution >= 4 is 0 Å². The number of hydrogen-bond acceptors (Lipinski definition) is 4. The van der Waals surface area contributed by atoms with E-state index in [1.165, 1.54) is 6.92 Å². The van der Waals surface area contributed by atoms with Crippen LogP contribution in [0.4, 0.5) is 0 Å². The van der Waals surface area contributed by atoms with Crippen molar-refractivity contribution < 1.29 is 10.2 Å². The van der Waals surface area contributed by atoms with Crippen LogP contribution in [0.5, 0.6) is 0 Å². The quantitative estimate of drug-likeness (QED) is 0.565. The summed E-state index contributed by atoms with van der Waals surface area (Å²) in [5.74, 6) is 0. The first kappa shape index (κ1) is 10.1. The summed E-state index contributed by atoms with van der Waals surface area (Å²) in [5, 5.41) is 18.1. The lowest BCUT2D eigenvalue weighted by Gasteiger charge is -2.16. The molecule has 0 aliphatic carbocycles. The second-order valence-corrected chi connectivity index (χ2v) is 3.35. The Balaban J connectivity index is 2.78. The SMILES string of the molecule is CC(N)(O)Cc1ccnc(CO)c1. The van der Waals surface area contributed by atoms with E-state index in [9.17, 15) is 5.11 Å². The van der Waals surface area contributed by atoms with Crippen LogP contribution in [0.1, 0.15) is 18.2 Å². The summed E-state index contributed by atoms with van der Waals surface area (Å²) in [6.07, 6.45) is 1.94. The van der Waals surface area contributed by atoms with Crippen LogP contribution in [-0.4, -0.2) is 20.9 Å². The maximum absolute atomic E-state index is 9.33. The van der Waals surface area contributed by atoms with E-state index in [2.05, 4.69) is 4.98 Å². The predicted molar refractivity (Wildman–Crippen MR) is 48.7 cm³/mol. The van der Waals surface area contributed by atoms with Gasteiger partial charge in [-0.05, 0) is 24.6 Å². The van der Waals surface area contributed by atoms with Gasteiger partial charge in [-0.2, -0.15) is 0 Å². The van der Waals surface area contributed by atoms with E-state index >= 15 is 0 Å². The zero-order chi connectivity index (χ0) is 9.90. The highest BCUT2D eigenvalue weighted by atomic mass is 16.3. The molecule has 0 saturated heterocycles. The molecule has 4 heteroatoms. The van der Waals surface area contributed by atoms with Crippen LogP contribution in [0.25, 0.3) is 0 Å². The summed E-state index contributed by atoms with van der Waals surface area (Å²) in [7, 11) is 0. The Morgan fingerprint density at radius 2 is 2.31 bits per heavy atom. The molecule has 0 spiro atoms. The lowest BCUT2D eigenvalue weighted by molar-refractivity contribution is 0.0676. The molecule has 0 fully saturated rings. The van der Waals surface area contributed by atoms with Crippen LogP contribution >= 0.6 is 0 Å². The molecule has 1 atom stereocenters. The molecule has 1 aromatic rings. The molecule has 4 nitrogen and oxygen atoms in total. The molecule has 0 aliphatic heterocycles. The summed E-state index contributed by atoms with van der Waals surface area (Å²) >= 11 is 0. The summed E-state index contributed by atoms with van der Waals surface area (Å²) in [5.41, 5.74) is 5.67. The third-order valence-electron chi connectivity index (χ3n) is 1.60. The lowest BCUT2D eigenvalue weighted by Crippen LogP contribution is -2.37. The third-order valence-corrected chi connectivity index (χ3v) is 1.60. The first-order valence-electron chi connectivity index (χ1n) is 4.07. The number of nitrogens with zero attached hydrogens (tertiary/aromatic N) is 1. The molecule has 0 saturated carbocycles. The average molecular weight is 182 g/mol. The second-order valence-electron chi connectivity index (χ2n) is 3.35. The molecule has 0 aromatic carbocycles. The fourth-order valence-electron chi connectivity index (χ4n) is 1.14. The van der Waals surface area contributed by atoms with Crippen LogP contribution in [0.3, 0.4) is 0 Å². The van der Waals surface area contributed by atoms with Crippen molar-refractivity contribution in [2.75, 3.05) is 0 Å². The van der Waals surface area contributed by atoms with Gasteiger partial charge in [0.15, 0.2) is 0 Å². The van der Waals surface area contributed by atoms with Gasteiger partial charge in [0.05, 0.1) is 12.3 Å². The Morgan fingerprint density at radius 3 is 2.85 bits per heavy atom. The van der Waals surface area contributed by atoms with Gasteiger partial charge >= 0.3 is 0 Å². The Labute approximate surface area is 77.0 Å². The van der Waals surface area contributed by atoms with Crippen molar-refractivity contribution in [1.82, 2.24) is 4.98 Å². The maximum atomic E-state index is 9.33. The van der Waals surface area contributed by atoms with Gasteiger partial charge in [-0.1, -0.05) is 0 Å². The van der Waals surface area contributed by atoms with Crippen LogP contribution < -0.4 is 5.73 Å². The summed E-state index contributed by atoms with van der Waals surface area (Å²) in [6.45, 7) is 1.44. The minimum Gasteiger partial charge on any atom is -0.390 e. The van der Waals surface area contributed by atoms with Gasteiger partial charge in [0, 0.05) is 12.6 Å². The minimum absolute atomic E-state index is 0.0967. The molecule has 0 amide bonds. The van der Waals surface area contributed by atoms with Crippen LogP contribution in [-0.2, 0) is 13.0 Å². The number of rotatable bonds is 3. The smallest absolute Gasteiger partial charge is 0.114 e. The van der Waals surface area contributed by atoms with E-state index in [1.807, 2.05) is 0 Å². The molecule has 1 aromatic heterocycles. The van der Waals surface area contributed by atoms with Crippen LogP contribution in [0.2, 0.25) is 0 Å². The van der Waals surface area contributed by atoms with Gasteiger partial charge in [0.2, 0.25) is 0 Å². The highest BCUT2D eigenvalue weighted by Crippen LogP contribution is 2.08. The molecule has 0 bridgehead atoms. The number of aliphatic hydroxyl groups is 2. The summed E-state index contributed by atoms with van der Waals surface area (Å²) in [4.78, 5) is 3.92. The van der Waals surface area contributed by atoms with E-state index in [0.29, 0.717) is 12.1 Å². The minimum atomic E-state index is -1.21. The van der Waals surface area contributed by atoms with Gasteiger partial charge in [-0.15, -0.1) is 0 Å². The average Bonchev–Trinajstić information content (AvgIpc) is 2.01. The number of aromatic nitrogens is 1. The number of aliphatic hydroxyl groups excluding tert-OH is 1. The maximum Gasteiger partial charge on any atom is 0.114 e. The van der Waals surface area contributed by atoms with Gasteiger partial charge in [0.1, 0.15) is 5.72 Å².